The third kappa shape index (κ3) is 4.78. The number of benzene rings is 2. The van der Waals surface area contributed by atoms with Crippen LogP contribution in [0.25, 0.3) is 17.0 Å². The van der Waals surface area contributed by atoms with Crippen molar-refractivity contribution in [3.8, 4) is 11.8 Å². The van der Waals surface area contributed by atoms with Crippen LogP contribution in [0.4, 0.5) is 0 Å². The van der Waals surface area contributed by atoms with Crippen molar-refractivity contribution in [3.63, 3.8) is 0 Å². The van der Waals surface area contributed by atoms with Crippen LogP contribution >= 0.6 is 0 Å². The van der Waals surface area contributed by atoms with E-state index in [9.17, 15) is 23.6 Å². The number of nitriles is 1. The average Bonchev–Trinajstić information content (AvgIpc) is 2.70. The van der Waals surface area contributed by atoms with Crippen molar-refractivity contribution < 1.29 is 17.9 Å². The van der Waals surface area contributed by atoms with Gasteiger partial charge in [0.2, 0.25) is 9.84 Å². The molecule has 178 valence electrons. The number of hydrogen-bond acceptors (Lipinski definition) is 6. The molecule has 0 saturated carbocycles. The van der Waals surface area contributed by atoms with E-state index in [1.54, 1.807) is 25.1 Å². The number of nitrogens with zero attached hydrogens (tertiary/aromatic N) is 1. The number of aromatic hydroxyl groups is 1. The van der Waals surface area contributed by atoms with Crippen LogP contribution in [0, 0.1) is 18.3 Å². The van der Waals surface area contributed by atoms with Crippen LogP contribution in [0.3, 0.4) is 0 Å². The molecule has 34 heavy (non-hydrogen) atoms. The third-order valence-electron chi connectivity index (χ3n) is 5.68. The van der Waals surface area contributed by atoms with Crippen molar-refractivity contribution in [2.24, 2.45) is 0 Å². The maximum Gasteiger partial charge on any atom is 0.336 e. The number of hydrogen-bond donors (Lipinski definition) is 1. The van der Waals surface area contributed by atoms with Crippen LogP contribution in [0.2, 0.25) is 0 Å². The lowest BCUT2D eigenvalue weighted by atomic mass is 9.78. The summed E-state index contributed by atoms with van der Waals surface area (Å²) in [5.41, 5.74) is 1.21. The fraction of sp³-hybridized carbons (Fsp3) is 0.333. The number of sulfone groups is 1. The molecule has 0 aliphatic heterocycles. The second-order valence-electron chi connectivity index (χ2n) is 10.5. The fourth-order valence-electron chi connectivity index (χ4n) is 3.80. The Balaban J connectivity index is 2.24. The third-order valence-corrected chi connectivity index (χ3v) is 7.34. The second kappa shape index (κ2) is 8.44. The zero-order chi connectivity index (χ0) is 25.6. The lowest BCUT2D eigenvalue weighted by Crippen LogP contribution is -2.17. The summed E-state index contributed by atoms with van der Waals surface area (Å²) in [7, 11) is -4.20. The van der Waals surface area contributed by atoms with Gasteiger partial charge in [-0.25, -0.2) is 13.2 Å². The number of rotatable bonds is 3. The molecule has 2 aromatic carbocycles. The molecule has 0 amide bonds. The Labute approximate surface area is 200 Å². The first-order chi connectivity index (χ1) is 15.6. The average molecular weight is 480 g/mol. The van der Waals surface area contributed by atoms with Crippen LogP contribution in [0.15, 0.2) is 55.4 Å². The van der Waals surface area contributed by atoms with E-state index in [-0.39, 0.29) is 16.2 Å². The summed E-state index contributed by atoms with van der Waals surface area (Å²) >= 11 is 0. The number of phenols is 1. The molecule has 0 fully saturated rings. The summed E-state index contributed by atoms with van der Waals surface area (Å²) in [6, 6.07) is 10.8. The van der Waals surface area contributed by atoms with E-state index in [1.807, 2.05) is 47.6 Å². The minimum absolute atomic E-state index is 0.137. The van der Waals surface area contributed by atoms with E-state index >= 15 is 0 Å². The molecule has 7 heteroatoms. The largest absolute Gasteiger partial charge is 0.507 e. The van der Waals surface area contributed by atoms with Gasteiger partial charge >= 0.3 is 5.63 Å². The van der Waals surface area contributed by atoms with Gasteiger partial charge < -0.3 is 9.52 Å². The van der Waals surface area contributed by atoms with Gasteiger partial charge in [0.1, 0.15) is 22.3 Å². The van der Waals surface area contributed by atoms with Crippen molar-refractivity contribution in [1.82, 2.24) is 0 Å². The number of allylic oxidation sites excluding steroid dienone is 1. The van der Waals surface area contributed by atoms with Gasteiger partial charge in [-0.3, -0.25) is 0 Å². The summed E-state index contributed by atoms with van der Waals surface area (Å²) < 4.78 is 31.9. The molecule has 0 spiro atoms. The molecular formula is C27H29NO5S. The molecule has 1 aromatic heterocycles. The van der Waals surface area contributed by atoms with Gasteiger partial charge in [0.05, 0.1) is 4.90 Å². The molecular weight excluding hydrogens is 450 g/mol. The van der Waals surface area contributed by atoms with E-state index < -0.39 is 31.2 Å². The lowest BCUT2D eigenvalue weighted by Gasteiger charge is -2.28. The smallest absolute Gasteiger partial charge is 0.336 e. The predicted molar refractivity (Wildman–Crippen MR) is 134 cm³/mol. The van der Waals surface area contributed by atoms with E-state index in [1.165, 1.54) is 24.3 Å². The van der Waals surface area contributed by atoms with Crippen molar-refractivity contribution in [2.75, 3.05) is 0 Å². The molecule has 0 atom stereocenters. The summed E-state index contributed by atoms with van der Waals surface area (Å²) in [4.78, 5) is 11.2. The van der Waals surface area contributed by atoms with Gasteiger partial charge in [-0.1, -0.05) is 41.5 Å². The molecule has 0 unspecified atom stereocenters. The highest BCUT2D eigenvalue weighted by molar-refractivity contribution is 7.95. The monoisotopic (exact) mass is 479 g/mol. The number of phenolic OH excluding ortho intramolecular Hbond substituents is 1. The molecule has 3 rings (SSSR count). The Morgan fingerprint density at radius 1 is 1.00 bits per heavy atom. The van der Waals surface area contributed by atoms with Gasteiger partial charge in [-0.15, -0.1) is 0 Å². The number of aryl methyl sites for hydroxylation is 1. The minimum atomic E-state index is -4.20. The van der Waals surface area contributed by atoms with E-state index in [0.29, 0.717) is 27.6 Å². The van der Waals surface area contributed by atoms with Crippen molar-refractivity contribution in [1.29, 1.82) is 5.26 Å². The van der Waals surface area contributed by atoms with Gasteiger partial charge in [-0.2, -0.15) is 5.26 Å². The molecule has 1 heterocycles. The van der Waals surface area contributed by atoms with Crippen LogP contribution < -0.4 is 5.63 Å². The molecule has 0 bridgehead atoms. The van der Waals surface area contributed by atoms with Crippen molar-refractivity contribution >= 4 is 26.9 Å². The minimum Gasteiger partial charge on any atom is -0.507 e. The molecule has 0 radical (unpaired) electrons. The number of fused-ring (bicyclic) bond motifs is 1. The maximum atomic E-state index is 13.4. The molecule has 0 saturated heterocycles. The van der Waals surface area contributed by atoms with E-state index in [0.717, 1.165) is 0 Å². The highest BCUT2D eigenvalue weighted by Gasteiger charge is 2.27. The van der Waals surface area contributed by atoms with E-state index in [4.69, 9.17) is 4.42 Å². The highest BCUT2D eigenvalue weighted by Crippen LogP contribution is 2.40. The molecule has 0 aliphatic carbocycles. The maximum absolute atomic E-state index is 13.4. The fourth-order valence-corrected chi connectivity index (χ4v) is 4.98. The van der Waals surface area contributed by atoms with Crippen LogP contribution in [-0.2, 0) is 20.7 Å². The van der Waals surface area contributed by atoms with Crippen LogP contribution in [0.5, 0.6) is 5.75 Å². The van der Waals surface area contributed by atoms with Crippen molar-refractivity contribution in [2.45, 2.75) is 64.2 Å². The Morgan fingerprint density at radius 2 is 1.56 bits per heavy atom. The molecule has 1 N–H and O–H groups in total. The zero-order valence-electron chi connectivity index (χ0n) is 20.5. The van der Waals surface area contributed by atoms with Gasteiger partial charge in [-0.05, 0) is 59.2 Å². The van der Waals surface area contributed by atoms with Gasteiger partial charge in [0, 0.05) is 28.6 Å². The summed E-state index contributed by atoms with van der Waals surface area (Å²) in [6.07, 6.45) is 1.32. The summed E-state index contributed by atoms with van der Waals surface area (Å²) in [5, 5.41) is 21.3. The first kappa shape index (κ1) is 25.3. The highest BCUT2D eigenvalue weighted by atomic mass is 32.2. The topological polar surface area (TPSA) is 108 Å². The quantitative estimate of drug-likeness (QED) is 0.379. The van der Waals surface area contributed by atoms with Gasteiger partial charge in [0.15, 0.2) is 0 Å². The first-order valence-electron chi connectivity index (χ1n) is 10.8. The molecule has 6 nitrogen and oxygen atoms in total. The van der Waals surface area contributed by atoms with Gasteiger partial charge in [0.25, 0.3) is 0 Å². The van der Waals surface area contributed by atoms with Crippen LogP contribution in [0.1, 0.15) is 63.8 Å². The summed E-state index contributed by atoms with van der Waals surface area (Å²) in [5.74, 6) is 0.165. The Hall–Kier alpha value is -3.37. The first-order valence-corrected chi connectivity index (χ1v) is 12.3. The normalized spacial score (nSPS) is 13.2. The predicted octanol–water partition coefficient (Wildman–Crippen LogP) is 5.74. The van der Waals surface area contributed by atoms with Crippen molar-refractivity contribution in [3.05, 3.63) is 74.0 Å². The SMILES string of the molecule is Cc1cc(=O)oc2cc(S(=O)(=O)/C(C#N)=C/c3cc(C(C)(C)C)c(O)c(C(C)(C)C)c3)ccc12. The lowest BCUT2D eigenvalue weighted by molar-refractivity contribution is 0.423. The Kier molecular flexibility index (Phi) is 6.27. The molecule has 0 aliphatic rings. The standard InChI is InChI=1S/C27H29NO5S/c1-16-10-24(29)33-23-14-18(8-9-20(16)23)34(31,32)19(15-28)11-17-12-21(26(2,3)4)25(30)22(13-17)27(5,6)7/h8-14,30H,1-7H3/b19-11+. The van der Waals surface area contributed by atoms with E-state index in [2.05, 4.69) is 0 Å². The zero-order valence-corrected chi connectivity index (χ0v) is 21.3. The van der Waals surface area contributed by atoms with Crippen LogP contribution in [-0.4, -0.2) is 13.5 Å². The Bertz CT molecular complexity index is 1490. The summed E-state index contributed by atoms with van der Waals surface area (Å²) in [6.45, 7) is 13.5. The second-order valence-corrected chi connectivity index (χ2v) is 12.4. The molecule has 3 aromatic rings. The Morgan fingerprint density at radius 3 is 2.06 bits per heavy atom.